The zero-order chi connectivity index (χ0) is 12.6. The summed E-state index contributed by atoms with van der Waals surface area (Å²) in [6, 6.07) is 0. The summed E-state index contributed by atoms with van der Waals surface area (Å²) in [5.74, 6) is 2.59. The molecule has 2 aliphatic carbocycles. The number of fused-ring (bicyclic) bond motifs is 2. The van der Waals surface area contributed by atoms with Gasteiger partial charge in [0, 0.05) is 17.4 Å². The molecule has 3 rings (SSSR count). The third-order valence-corrected chi connectivity index (χ3v) is 8.01. The lowest BCUT2D eigenvalue weighted by Crippen LogP contribution is -2.24. The molecule has 0 radical (unpaired) electrons. The Balaban J connectivity index is 2.12. The van der Waals surface area contributed by atoms with Gasteiger partial charge in [-0.25, -0.2) is 4.39 Å². The number of hydrogen-bond donors (Lipinski definition) is 0. The smallest absolute Gasteiger partial charge is 0.139 e. The molecule has 1 atom stereocenters. The summed E-state index contributed by atoms with van der Waals surface area (Å²) in [6.07, 6.45) is 10.7. The van der Waals surface area contributed by atoms with Crippen LogP contribution in [0.4, 0.5) is 4.39 Å². The molecule has 98 valence electrons. The molecule has 0 aromatic heterocycles. The molecule has 1 saturated heterocycles. The first-order chi connectivity index (χ1) is 8.73. The van der Waals surface area contributed by atoms with Crippen LogP contribution in [0.2, 0.25) is 0 Å². The highest BCUT2D eigenvalue weighted by Crippen LogP contribution is 2.58. The molecule has 4 heteroatoms. The van der Waals surface area contributed by atoms with Crippen LogP contribution in [-0.2, 0) is 0 Å². The van der Waals surface area contributed by atoms with Crippen LogP contribution in [0.1, 0.15) is 25.7 Å². The molecule has 0 N–H and O–H groups in total. The molecule has 0 nitrogen and oxygen atoms in total. The van der Waals surface area contributed by atoms with Gasteiger partial charge >= 0.3 is 0 Å². The molecule has 3 aliphatic rings. The highest BCUT2D eigenvalue weighted by molar-refractivity contribution is 9.12. The predicted molar refractivity (Wildman–Crippen MR) is 83.9 cm³/mol. The van der Waals surface area contributed by atoms with Crippen molar-refractivity contribution in [2.45, 2.75) is 29.8 Å². The van der Waals surface area contributed by atoms with Crippen LogP contribution < -0.4 is 0 Å². The van der Waals surface area contributed by atoms with Crippen LogP contribution in [0.5, 0.6) is 0 Å². The summed E-state index contributed by atoms with van der Waals surface area (Å²) in [4.78, 5) is 0. The Morgan fingerprint density at radius 2 is 2.06 bits per heavy atom. The highest BCUT2D eigenvalue weighted by atomic mass is 79.9. The minimum absolute atomic E-state index is 0.00574. The van der Waals surface area contributed by atoms with Gasteiger partial charge in [-0.1, -0.05) is 25.0 Å². The van der Waals surface area contributed by atoms with Crippen molar-refractivity contribution >= 4 is 39.5 Å². The van der Waals surface area contributed by atoms with Gasteiger partial charge in [-0.15, -0.1) is 23.5 Å². The Kier molecular flexibility index (Phi) is 3.98. The Bertz CT molecular complexity index is 433. The summed E-state index contributed by atoms with van der Waals surface area (Å²) in [6.45, 7) is 0. The average molecular weight is 347 g/mol. The number of hydrogen-bond acceptors (Lipinski definition) is 2. The second-order valence-electron chi connectivity index (χ2n) is 4.93. The molecular weight excluding hydrogens is 331 g/mol. The second kappa shape index (κ2) is 5.37. The van der Waals surface area contributed by atoms with Crippen molar-refractivity contribution in [3.63, 3.8) is 0 Å². The molecule has 1 heterocycles. The molecule has 1 spiro atoms. The fourth-order valence-corrected chi connectivity index (χ4v) is 6.93. The van der Waals surface area contributed by atoms with Crippen molar-refractivity contribution in [3.8, 4) is 0 Å². The van der Waals surface area contributed by atoms with Crippen molar-refractivity contribution in [3.05, 3.63) is 34.1 Å². The summed E-state index contributed by atoms with van der Waals surface area (Å²) in [5.41, 5.74) is 1.05. The minimum atomic E-state index is -0.00574. The fraction of sp³-hybridized carbons (Fsp3) is 0.571. The van der Waals surface area contributed by atoms with Crippen LogP contribution >= 0.6 is 39.5 Å². The molecule has 1 unspecified atom stereocenters. The van der Waals surface area contributed by atoms with E-state index in [1.165, 1.54) is 12.8 Å². The first-order valence-electron chi connectivity index (χ1n) is 6.45. The van der Waals surface area contributed by atoms with E-state index in [2.05, 4.69) is 22.0 Å². The maximum Gasteiger partial charge on any atom is 0.139 e. The lowest BCUT2D eigenvalue weighted by molar-refractivity contribution is 0.592. The van der Waals surface area contributed by atoms with Crippen LogP contribution in [-0.4, -0.2) is 15.6 Å². The second-order valence-corrected chi connectivity index (χ2v) is 8.83. The summed E-state index contributed by atoms with van der Waals surface area (Å²) >= 11 is 7.31. The lowest BCUT2D eigenvalue weighted by Gasteiger charge is -2.32. The minimum Gasteiger partial charge on any atom is -0.206 e. The van der Waals surface area contributed by atoms with E-state index in [4.69, 9.17) is 0 Å². The molecular formula is C14H16BrFS2. The summed E-state index contributed by atoms with van der Waals surface area (Å²) in [7, 11) is 0. The normalized spacial score (nSPS) is 31.0. The Morgan fingerprint density at radius 1 is 1.28 bits per heavy atom. The van der Waals surface area contributed by atoms with Gasteiger partial charge in [0.05, 0.1) is 8.56 Å². The topological polar surface area (TPSA) is 0 Å². The van der Waals surface area contributed by atoms with Crippen LogP contribution in [0.25, 0.3) is 0 Å². The van der Waals surface area contributed by atoms with E-state index in [1.807, 2.05) is 35.7 Å². The van der Waals surface area contributed by atoms with Gasteiger partial charge in [-0.05, 0) is 40.4 Å². The molecule has 1 saturated carbocycles. The number of rotatable bonds is 0. The third kappa shape index (κ3) is 2.25. The number of halogens is 2. The van der Waals surface area contributed by atoms with Gasteiger partial charge in [0.2, 0.25) is 0 Å². The quantitative estimate of drug-likeness (QED) is 0.573. The number of allylic oxidation sites excluding steroid dienone is 5. The Hall–Kier alpha value is 0.330. The van der Waals surface area contributed by atoms with E-state index in [0.717, 1.165) is 29.9 Å². The van der Waals surface area contributed by atoms with E-state index in [9.17, 15) is 4.39 Å². The molecule has 2 fully saturated rings. The van der Waals surface area contributed by atoms with Crippen molar-refractivity contribution in [1.82, 2.24) is 0 Å². The number of thioether (sulfide) groups is 2. The molecule has 0 bridgehead atoms. The third-order valence-electron chi connectivity index (χ3n) is 3.84. The molecule has 0 aromatic carbocycles. The molecule has 0 amide bonds. The van der Waals surface area contributed by atoms with Gasteiger partial charge in [-0.2, -0.15) is 0 Å². The SMILES string of the molecule is FC1=C2C(C=CC=C1Br)CCCCC21SCCS1. The van der Waals surface area contributed by atoms with Crippen molar-refractivity contribution < 1.29 is 4.39 Å². The Morgan fingerprint density at radius 3 is 2.83 bits per heavy atom. The monoisotopic (exact) mass is 346 g/mol. The van der Waals surface area contributed by atoms with E-state index >= 15 is 0 Å². The van der Waals surface area contributed by atoms with Crippen molar-refractivity contribution in [2.75, 3.05) is 11.5 Å². The Labute approximate surface area is 125 Å². The highest BCUT2D eigenvalue weighted by Gasteiger charge is 2.45. The predicted octanol–water partition coefficient (Wildman–Crippen LogP) is 5.43. The van der Waals surface area contributed by atoms with Gasteiger partial charge in [0.1, 0.15) is 5.83 Å². The van der Waals surface area contributed by atoms with Gasteiger partial charge in [0.15, 0.2) is 0 Å². The fourth-order valence-electron chi connectivity index (χ4n) is 3.04. The largest absolute Gasteiger partial charge is 0.206 e. The van der Waals surface area contributed by atoms with E-state index in [1.54, 1.807) is 0 Å². The van der Waals surface area contributed by atoms with Crippen molar-refractivity contribution in [2.24, 2.45) is 5.92 Å². The summed E-state index contributed by atoms with van der Waals surface area (Å²) < 4.78 is 15.4. The van der Waals surface area contributed by atoms with Crippen LogP contribution in [0.3, 0.4) is 0 Å². The van der Waals surface area contributed by atoms with Crippen molar-refractivity contribution in [1.29, 1.82) is 0 Å². The first-order valence-corrected chi connectivity index (χ1v) is 9.22. The van der Waals surface area contributed by atoms with E-state index in [0.29, 0.717) is 4.48 Å². The average Bonchev–Trinajstić information content (AvgIpc) is 2.68. The molecule has 0 aromatic rings. The standard InChI is InChI=1S/C14H16BrFS2/c15-11-6-3-5-10-4-1-2-7-14(12(10)13(11)16)17-8-9-18-14/h3,5-6,10H,1-2,4,7-9H2. The first kappa shape index (κ1) is 13.3. The van der Waals surface area contributed by atoms with Gasteiger partial charge in [-0.3, -0.25) is 0 Å². The maximum atomic E-state index is 14.7. The van der Waals surface area contributed by atoms with Crippen LogP contribution in [0.15, 0.2) is 34.1 Å². The zero-order valence-electron chi connectivity index (χ0n) is 10.1. The van der Waals surface area contributed by atoms with Gasteiger partial charge in [0.25, 0.3) is 0 Å². The van der Waals surface area contributed by atoms with Gasteiger partial charge < -0.3 is 0 Å². The van der Waals surface area contributed by atoms with E-state index in [-0.39, 0.29) is 15.8 Å². The maximum absolute atomic E-state index is 14.7. The van der Waals surface area contributed by atoms with Crippen LogP contribution in [0, 0.1) is 5.92 Å². The zero-order valence-corrected chi connectivity index (χ0v) is 13.3. The summed E-state index contributed by atoms with van der Waals surface area (Å²) in [5, 5.41) is 0. The van der Waals surface area contributed by atoms with E-state index < -0.39 is 0 Å². The lowest BCUT2D eigenvalue weighted by atomic mass is 9.93. The molecule has 1 aliphatic heterocycles. The molecule has 18 heavy (non-hydrogen) atoms.